The fourth-order valence-electron chi connectivity index (χ4n) is 2.08. The van der Waals surface area contributed by atoms with Crippen LogP contribution in [0.5, 0.6) is 0 Å². The lowest BCUT2D eigenvalue weighted by molar-refractivity contribution is 0.0937. The summed E-state index contributed by atoms with van der Waals surface area (Å²) in [6, 6.07) is 14.6. The molecule has 0 spiro atoms. The van der Waals surface area contributed by atoms with E-state index in [0.29, 0.717) is 16.0 Å². The van der Waals surface area contributed by atoms with Crippen LogP contribution in [0.25, 0.3) is 0 Å². The summed E-state index contributed by atoms with van der Waals surface area (Å²) in [6.07, 6.45) is 3.05. The maximum Gasteiger partial charge on any atom is 0.256 e. The lowest BCUT2D eigenvalue weighted by atomic mass is 10.0. The molecule has 0 fully saturated rings. The Morgan fingerprint density at radius 1 is 1.00 bits per heavy atom. The number of halogens is 1. The quantitative estimate of drug-likeness (QED) is 0.772. The first kappa shape index (κ1) is 13.7. The highest BCUT2D eigenvalue weighted by Crippen LogP contribution is 2.24. The van der Waals surface area contributed by atoms with Crippen molar-refractivity contribution in [3.63, 3.8) is 0 Å². The van der Waals surface area contributed by atoms with Gasteiger partial charge in [0.05, 0.1) is 18.1 Å². The van der Waals surface area contributed by atoms with Gasteiger partial charge in [0.2, 0.25) is 0 Å². The minimum Gasteiger partial charge on any atom is -0.467 e. The lowest BCUT2D eigenvalue weighted by Gasteiger charge is -2.16. The Morgan fingerprint density at radius 2 is 1.81 bits per heavy atom. The molecule has 0 aliphatic rings. The Balaban J connectivity index is 1.91. The van der Waals surface area contributed by atoms with E-state index in [1.807, 2.05) is 36.4 Å². The summed E-state index contributed by atoms with van der Waals surface area (Å²) in [5.41, 5.74) is 1.39. The van der Waals surface area contributed by atoms with Crippen LogP contribution in [0.15, 0.2) is 74.6 Å². The molecular weight excluding hydrogens is 334 g/mol. The normalized spacial score (nSPS) is 12.0. The van der Waals surface area contributed by atoms with Gasteiger partial charge in [0.15, 0.2) is 4.67 Å². The number of rotatable bonds is 4. The van der Waals surface area contributed by atoms with E-state index in [0.717, 1.165) is 5.56 Å². The number of carbonyl (C=O) groups is 1. The van der Waals surface area contributed by atoms with Crippen molar-refractivity contribution in [2.45, 2.75) is 6.04 Å². The van der Waals surface area contributed by atoms with E-state index in [1.165, 1.54) is 6.26 Å². The summed E-state index contributed by atoms with van der Waals surface area (Å²) < 4.78 is 11.0. The molecule has 1 N–H and O–H groups in total. The molecule has 3 rings (SSSR count). The number of amides is 1. The second kappa shape index (κ2) is 6.01. The standard InChI is InChI=1S/C16H12BrNO3/c17-15-12(8-10-21-15)16(19)18-14(13-7-4-9-20-13)11-5-2-1-3-6-11/h1-10,14H,(H,18,19). The van der Waals surface area contributed by atoms with Crippen molar-refractivity contribution < 1.29 is 13.6 Å². The summed E-state index contributed by atoms with van der Waals surface area (Å²) in [7, 11) is 0. The first-order chi connectivity index (χ1) is 10.3. The zero-order valence-electron chi connectivity index (χ0n) is 11.0. The van der Waals surface area contributed by atoms with Gasteiger partial charge in [-0.05, 0) is 39.7 Å². The van der Waals surface area contributed by atoms with Crippen molar-refractivity contribution in [3.8, 4) is 0 Å². The fraction of sp³-hybridized carbons (Fsp3) is 0.0625. The summed E-state index contributed by atoms with van der Waals surface area (Å²) in [5.74, 6) is 0.440. The minimum atomic E-state index is -0.351. The molecule has 1 atom stereocenters. The maximum absolute atomic E-state index is 12.4. The van der Waals surface area contributed by atoms with Crippen LogP contribution in [0.1, 0.15) is 27.7 Å². The zero-order valence-corrected chi connectivity index (χ0v) is 12.5. The van der Waals surface area contributed by atoms with Crippen LogP contribution < -0.4 is 5.32 Å². The van der Waals surface area contributed by atoms with E-state index < -0.39 is 0 Å². The first-order valence-corrected chi connectivity index (χ1v) is 7.17. The van der Waals surface area contributed by atoms with Gasteiger partial charge in [-0.15, -0.1) is 0 Å². The highest BCUT2D eigenvalue weighted by molar-refractivity contribution is 9.10. The molecule has 1 amide bonds. The average molecular weight is 346 g/mol. The second-order valence-electron chi connectivity index (χ2n) is 4.44. The molecule has 0 bridgehead atoms. The average Bonchev–Trinajstić information content (AvgIpc) is 3.17. The Labute approximate surface area is 129 Å². The third kappa shape index (κ3) is 2.92. The first-order valence-electron chi connectivity index (χ1n) is 6.38. The van der Waals surface area contributed by atoms with Crippen molar-refractivity contribution in [2.75, 3.05) is 0 Å². The van der Waals surface area contributed by atoms with Crippen LogP contribution in [-0.2, 0) is 0 Å². The molecule has 0 saturated heterocycles. The highest BCUT2D eigenvalue weighted by atomic mass is 79.9. The fourth-order valence-corrected chi connectivity index (χ4v) is 2.50. The zero-order chi connectivity index (χ0) is 14.7. The monoisotopic (exact) mass is 345 g/mol. The molecule has 2 aromatic heterocycles. The molecule has 106 valence electrons. The van der Waals surface area contributed by atoms with E-state index >= 15 is 0 Å². The number of carbonyl (C=O) groups excluding carboxylic acids is 1. The van der Waals surface area contributed by atoms with Crippen LogP contribution >= 0.6 is 15.9 Å². The third-order valence-corrected chi connectivity index (χ3v) is 3.71. The largest absolute Gasteiger partial charge is 0.467 e. The predicted molar refractivity (Wildman–Crippen MR) is 80.9 cm³/mol. The van der Waals surface area contributed by atoms with Gasteiger partial charge < -0.3 is 14.2 Å². The predicted octanol–water partition coefficient (Wildman–Crippen LogP) is 4.15. The third-order valence-electron chi connectivity index (χ3n) is 3.10. The molecule has 4 nitrogen and oxygen atoms in total. The highest BCUT2D eigenvalue weighted by Gasteiger charge is 2.22. The van der Waals surface area contributed by atoms with Crippen LogP contribution in [-0.4, -0.2) is 5.91 Å². The van der Waals surface area contributed by atoms with Crippen molar-refractivity contribution >= 4 is 21.8 Å². The molecule has 0 aliphatic carbocycles. The molecule has 3 aromatic rings. The summed E-state index contributed by atoms with van der Waals surface area (Å²) >= 11 is 3.21. The Bertz CT molecular complexity index is 719. The van der Waals surface area contributed by atoms with Gasteiger partial charge in [-0.1, -0.05) is 30.3 Å². The number of benzene rings is 1. The van der Waals surface area contributed by atoms with Gasteiger partial charge >= 0.3 is 0 Å². The molecule has 0 radical (unpaired) electrons. The van der Waals surface area contributed by atoms with Gasteiger partial charge in [0.25, 0.3) is 5.91 Å². The SMILES string of the molecule is O=C(NC(c1ccccc1)c1ccco1)c1ccoc1Br. The molecule has 1 unspecified atom stereocenters. The number of nitrogens with one attached hydrogen (secondary N) is 1. The summed E-state index contributed by atoms with van der Waals surface area (Å²) in [5, 5.41) is 2.96. The van der Waals surface area contributed by atoms with Crippen LogP contribution in [0.4, 0.5) is 0 Å². The van der Waals surface area contributed by atoms with Gasteiger partial charge in [0.1, 0.15) is 11.8 Å². The number of furan rings is 2. The second-order valence-corrected chi connectivity index (χ2v) is 5.16. The Kier molecular flexibility index (Phi) is 3.92. The molecule has 2 heterocycles. The van der Waals surface area contributed by atoms with E-state index in [2.05, 4.69) is 21.2 Å². The van der Waals surface area contributed by atoms with Crippen LogP contribution in [0.3, 0.4) is 0 Å². The summed E-state index contributed by atoms with van der Waals surface area (Å²) in [4.78, 5) is 12.4. The van der Waals surface area contributed by atoms with Gasteiger partial charge in [-0.25, -0.2) is 0 Å². The molecule has 0 saturated carbocycles. The van der Waals surface area contributed by atoms with Gasteiger partial charge in [-0.2, -0.15) is 0 Å². The van der Waals surface area contributed by atoms with Crippen LogP contribution in [0.2, 0.25) is 0 Å². The van der Waals surface area contributed by atoms with Crippen molar-refractivity contribution in [1.29, 1.82) is 0 Å². The van der Waals surface area contributed by atoms with E-state index in [1.54, 1.807) is 18.4 Å². The van der Waals surface area contributed by atoms with Crippen LogP contribution in [0, 0.1) is 0 Å². The molecule has 0 aliphatic heterocycles. The lowest BCUT2D eigenvalue weighted by Crippen LogP contribution is -2.29. The van der Waals surface area contributed by atoms with Gasteiger partial charge in [-0.3, -0.25) is 4.79 Å². The molecular formula is C16H12BrNO3. The molecule has 1 aromatic carbocycles. The van der Waals surface area contributed by atoms with E-state index in [9.17, 15) is 4.79 Å². The number of hydrogen-bond acceptors (Lipinski definition) is 3. The molecule has 21 heavy (non-hydrogen) atoms. The summed E-state index contributed by atoms with van der Waals surface area (Å²) in [6.45, 7) is 0. The van der Waals surface area contributed by atoms with E-state index in [4.69, 9.17) is 8.83 Å². The van der Waals surface area contributed by atoms with Gasteiger partial charge in [0, 0.05) is 0 Å². The maximum atomic E-state index is 12.4. The smallest absolute Gasteiger partial charge is 0.256 e. The van der Waals surface area contributed by atoms with Crippen molar-refractivity contribution in [1.82, 2.24) is 5.32 Å². The number of hydrogen-bond donors (Lipinski definition) is 1. The minimum absolute atomic E-state index is 0.235. The Hall–Kier alpha value is -2.27. The van der Waals surface area contributed by atoms with Crippen molar-refractivity contribution in [3.05, 3.63) is 82.6 Å². The molecule has 5 heteroatoms. The Morgan fingerprint density at radius 3 is 2.43 bits per heavy atom. The topological polar surface area (TPSA) is 55.4 Å². The van der Waals surface area contributed by atoms with Crippen molar-refractivity contribution in [2.24, 2.45) is 0 Å². The van der Waals surface area contributed by atoms with E-state index in [-0.39, 0.29) is 11.9 Å².